The van der Waals surface area contributed by atoms with Gasteiger partial charge < -0.3 is 14.6 Å². The number of fused-ring (bicyclic) bond motifs is 6. The Morgan fingerprint density at radius 2 is 1.00 bits per heavy atom. The number of hydrogen-bond donors (Lipinski definition) is 1. The van der Waals surface area contributed by atoms with Crippen LogP contribution >= 0.6 is 31.9 Å². The zero-order chi connectivity index (χ0) is 44.6. The number of carbonyl (C=O) groups excluding carboxylic acids is 3. The van der Waals surface area contributed by atoms with Gasteiger partial charge in [-0.25, -0.2) is 9.59 Å². The van der Waals surface area contributed by atoms with Gasteiger partial charge in [0.1, 0.15) is 17.0 Å². The highest BCUT2D eigenvalue weighted by molar-refractivity contribution is 9.10. The lowest BCUT2D eigenvalue weighted by molar-refractivity contribution is -0.139. The molecule has 1 atom stereocenters. The third-order valence-electron chi connectivity index (χ3n) is 13.9. The second kappa shape index (κ2) is 17.9. The van der Waals surface area contributed by atoms with E-state index in [9.17, 15) is 19.5 Å². The summed E-state index contributed by atoms with van der Waals surface area (Å²) in [5.41, 5.74) is 1.76. The Hall–Kier alpha value is -3.99. The Kier molecular flexibility index (Phi) is 13.3. The van der Waals surface area contributed by atoms with Crippen LogP contribution in [0.2, 0.25) is 0 Å². The van der Waals surface area contributed by atoms with Crippen molar-refractivity contribution in [2.75, 3.05) is 0 Å². The van der Waals surface area contributed by atoms with Crippen LogP contribution in [-0.2, 0) is 38.2 Å². The number of rotatable bonds is 8. The number of halogens is 2. The molecule has 0 radical (unpaired) electrons. The van der Waals surface area contributed by atoms with Crippen molar-refractivity contribution < 1.29 is 29.0 Å². The van der Waals surface area contributed by atoms with E-state index in [-0.39, 0.29) is 28.9 Å². The number of nitrogens with zero attached hydrogens (tertiary/aromatic N) is 2. The Morgan fingerprint density at radius 3 is 1.40 bits per heavy atom. The van der Waals surface area contributed by atoms with E-state index in [1.165, 1.54) is 5.56 Å². The molecule has 6 aliphatic carbocycles. The molecule has 6 aliphatic rings. The molecule has 1 unspecified atom stereocenters. The van der Waals surface area contributed by atoms with E-state index in [1.54, 1.807) is 0 Å². The summed E-state index contributed by atoms with van der Waals surface area (Å²) >= 11 is 7.00. The number of ether oxygens (including phenoxy) is 2. The number of aliphatic hydroxyl groups is 1. The minimum absolute atomic E-state index is 0.227. The first kappa shape index (κ1) is 46.0. The van der Waals surface area contributed by atoms with Gasteiger partial charge in [-0.05, 0) is 146 Å². The molecular weight excluding hydrogens is 908 g/mol. The van der Waals surface area contributed by atoms with E-state index in [0.717, 1.165) is 77.0 Å². The predicted octanol–water partition coefficient (Wildman–Crippen LogP) is 12.6. The quantitative estimate of drug-likeness (QED) is 0.189. The van der Waals surface area contributed by atoms with Crippen molar-refractivity contribution in [3.05, 3.63) is 140 Å². The van der Waals surface area contributed by atoms with Crippen molar-refractivity contribution in [2.24, 2.45) is 0 Å². The summed E-state index contributed by atoms with van der Waals surface area (Å²) in [6.07, 6.45) is 6.46. The second-order valence-corrected chi connectivity index (χ2v) is 22.0. The maximum atomic E-state index is 13.5. The zero-order valence-electron chi connectivity index (χ0n) is 37.1. The number of amides is 2. The maximum Gasteiger partial charge on any atom is 0.411 e. The van der Waals surface area contributed by atoms with Gasteiger partial charge in [-0.15, -0.1) is 0 Å². The lowest BCUT2D eigenvalue weighted by Gasteiger charge is -2.59. The molecule has 62 heavy (non-hydrogen) atoms. The third-order valence-corrected chi connectivity index (χ3v) is 15.0. The van der Waals surface area contributed by atoms with Crippen LogP contribution in [0, 0.1) is 0 Å². The largest absolute Gasteiger partial charge is 0.444 e. The monoisotopic (exact) mass is 968 g/mol. The van der Waals surface area contributed by atoms with E-state index in [2.05, 4.69) is 68.3 Å². The van der Waals surface area contributed by atoms with Gasteiger partial charge in [0, 0.05) is 39.4 Å². The molecule has 10 rings (SSSR count). The van der Waals surface area contributed by atoms with Gasteiger partial charge in [0.25, 0.3) is 0 Å². The first-order chi connectivity index (χ1) is 29.3. The molecule has 0 saturated heterocycles. The molecule has 2 amide bonds. The Bertz CT molecular complexity index is 2180. The lowest BCUT2D eigenvalue weighted by atomic mass is 9.53. The highest BCUT2D eigenvalue weighted by atomic mass is 79.9. The first-order valence-electron chi connectivity index (χ1n) is 22.1. The molecule has 8 nitrogen and oxygen atoms in total. The van der Waals surface area contributed by atoms with Gasteiger partial charge in [0.15, 0.2) is 0 Å². The Labute approximate surface area is 385 Å². The summed E-state index contributed by atoms with van der Waals surface area (Å²) in [7, 11) is 0. The predicted molar refractivity (Wildman–Crippen MR) is 251 cm³/mol. The molecular formula is C52H62Br2N2O6. The summed E-state index contributed by atoms with van der Waals surface area (Å²) in [5.74, 6) is 0.244. The van der Waals surface area contributed by atoms with Crippen molar-refractivity contribution in [1.29, 1.82) is 0 Å². The van der Waals surface area contributed by atoms with Crippen LogP contribution in [0.4, 0.5) is 9.59 Å². The molecule has 4 aromatic rings. The number of carbonyl (C=O) groups is 3. The summed E-state index contributed by atoms with van der Waals surface area (Å²) < 4.78 is 13.7. The summed E-state index contributed by atoms with van der Waals surface area (Å²) in [6.45, 7) is 12.3. The molecule has 6 fully saturated rings. The van der Waals surface area contributed by atoms with Crippen molar-refractivity contribution in [3.8, 4) is 0 Å². The molecule has 1 N–H and O–H groups in total. The van der Waals surface area contributed by atoms with Crippen molar-refractivity contribution in [2.45, 2.75) is 158 Å². The maximum absolute atomic E-state index is 13.5. The molecule has 0 aromatic heterocycles. The fourth-order valence-electron chi connectivity index (χ4n) is 10.6. The van der Waals surface area contributed by atoms with Crippen LogP contribution in [0.1, 0.15) is 128 Å². The van der Waals surface area contributed by atoms with Gasteiger partial charge >= 0.3 is 12.2 Å². The molecule has 4 bridgehead atoms. The SMILES string of the molecule is CC(C)(C)OC(=O)N(Cc1ccccc1)C12CCC(c3ccc(Br)cc3)(CC1)C(=O)C2.CC(C)(C)OC(=O)N(Cc1ccccc1)C12CCC(c3ccc(Br)cc3)(CC1)C(O)C2. The Morgan fingerprint density at radius 1 is 0.597 bits per heavy atom. The highest BCUT2D eigenvalue weighted by Gasteiger charge is 2.59. The fourth-order valence-corrected chi connectivity index (χ4v) is 11.1. The summed E-state index contributed by atoms with van der Waals surface area (Å²) in [5, 5.41) is 11.4. The van der Waals surface area contributed by atoms with Gasteiger partial charge in [-0.2, -0.15) is 0 Å². The number of hydrogen-bond acceptors (Lipinski definition) is 6. The standard InChI is InChI=1S/C26H32BrNO3.C26H30BrNO3/c2*1-24(2,3)31-23(30)28(18-19-7-5-4-6-8-19)25-13-15-26(16-14-25,22(29)17-25)20-9-11-21(27)12-10-20/h4-12,22,29H,13-18H2,1-3H3;4-12H,13-18H2,1-3H3. The van der Waals surface area contributed by atoms with Gasteiger partial charge in [0.2, 0.25) is 0 Å². The van der Waals surface area contributed by atoms with Crippen LogP contribution in [0.3, 0.4) is 0 Å². The number of Topliss-reactive ketones (excluding diaryl/α,β-unsaturated/α-hetero) is 1. The van der Waals surface area contributed by atoms with Crippen molar-refractivity contribution >= 4 is 49.8 Å². The smallest absolute Gasteiger partial charge is 0.411 e. The average Bonchev–Trinajstić information content (AvgIpc) is 3.23. The van der Waals surface area contributed by atoms with E-state index < -0.39 is 28.3 Å². The Balaban J connectivity index is 0.000000186. The second-order valence-electron chi connectivity index (χ2n) is 20.1. The number of aliphatic hydroxyl groups excluding tert-OH is 1. The summed E-state index contributed by atoms with van der Waals surface area (Å²) in [4.78, 5) is 44.0. The van der Waals surface area contributed by atoms with Crippen molar-refractivity contribution in [3.63, 3.8) is 0 Å². The van der Waals surface area contributed by atoms with Gasteiger partial charge in [-0.1, -0.05) is 117 Å². The normalized spacial score (nSPS) is 26.5. The minimum atomic E-state index is -0.586. The van der Waals surface area contributed by atoms with Crippen LogP contribution in [-0.4, -0.2) is 61.3 Å². The van der Waals surface area contributed by atoms with Gasteiger partial charge in [-0.3, -0.25) is 14.6 Å². The number of benzene rings is 4. The van der Waals surface area contributed by atoms with Crippen LogP contribution in [0.25, 0.3) is 0 Å². The van der Waals surface area contributed by atoms with E-state index in [0.29, 0.717) is 25.9 Å². The van der Waals surface area contributed by atoms with E-state index in [4.69, 9.17) is 9.47 Å². The molecule has 0 heterocycles. The highest BCUT2D eigenvalue weighted by Crippen LogP contribution is 2.57. The average molecular weight is 971 g/mol. The van der Waals surface area contributed by atoms with Crippen molar-refractivity contribution in [1.82, 2.24) is 9.80 Å². The molecule has 0 spiro atoms. The number of ketones is 1. The molecule has 330 valence electrons. The molecule has 6 saturated carbocycles. The van der Waals surface area contributed by atoms with Crippen LogP contribution < -0.4 is 0 Å². The first-order valence-corrected chi connectivity index (χ1v) is 23.7. The van der Waals surface area contributed by atoms with Crippen LogP contribution in [0.5, 0.6) is 0 Å². The van der Waals surface area contributed by atoms with E-state index in [1.807, 2.05) is 124 Å². The van der Waals surface area contributed by atoms with E-state index >= 15 is 0 Å². The third kappa shape index (κ3) is 9.73. The van der Waals surface area contributed by atoms with Gasteiger partial charge in [0.05, 0.1) is 17.1 Å². The summed E-state index contributed by atoms with van der Waals surface area (Å²) in [6, 6.07) is 36.5. The van der Waals surface area contributed by atoms with Crippen LogP contribution in [0.15, 0.2) is 118 Å². The fraction of sp³-hybridized carbons (Fsp3) is 0.481. The lowest BCUT2D eigenvalue weighted by Crippen LogP contribution is -2.64. The molecule has 4 aromatic carbocycles. The molecule has 10 heteroatoms. The molecule has 0 aliphatic heterocycles. The minimum Gasteiger partial charge on any atom is -0.444 e. The zero-order valence-corrected chi connectivity index (χ0v) is 40.3. The topological polar surface area (TPSA) is 96.4 Å².